The molecule has 0 aliphatic heterocycles. The van der Waals surface area contributed by atoms with Crippen LogP contribution >= 0.6 is 23.7 Å². The fourth-order valence-electron chi connectivity index (χ4n) is 1.59. The Bertz CT molecular complexity index is 254. The molecular formula is C10H24N2O4S2Si. The Hall–Kier alpha value is 0.0669. The van der Waals surface area contributed by atoms with Crippen LogP contribution in [-0.2, 0) is 14.2 Å². The molecule has 0 aromatic carbocycles. The third-order valence-corrected chi connectivity index (χ3v) is 5.56. The molecule has 0 radical (unpaired) electrons. The van der Waals surface area contributed by atoms with Gasteiger partial charge in [0.15, 0.2) is 0 Å². The number of methoxy groups -OCH3 is 3. The summed E-state index contributed by atoms with van der Waals surface area (Å²) in [4.78, 5) is 10.5. The van der Waals surface area contributed by atoms with E-state index in [9.17, 15) is 4.79 Å². The van der Waals surface area contributed by atoms with E-state index in [1.165, 1.54) is 11.9 Å². The van der Waals surface area contributed by atoms with Crippen molar-refractivity contribution in [3.05, 3.63) is 0 Å². The maximum atomic E-state index is 10.5. The Balaban J connectivity index is 4.10. The number of rotatable bonds is 11. The predicted octanol–water partition coefficient (Wildman–Crippen LogP) is 0.171. The maximum absolute atomic E-state index is 10.5. The first-order chi connectivity index (χ1) is 9.06. The molecular weight excluding hydrogens is 304 g/mol. The van der Waals surface area contributed by atoms with E-state index in [0.29, 0.717) is 0 Å². The number of carbonyl (C=O) groups excluding carboxylic acids is 1. The minimum absolute atomic E-state index is 0.0736. The van der Waals surface area contributed by atoms with Crippen LogP contribution in [0.2, 0.25) is 6.04 Å². The first kappa shape index (κ1) is 19.1. The third kappa shape index (κ3) is 6.86. The standard InChI is InChI=1S/C10H24N2O4S2Si/c1-14-8(7-19)10(15-2,16-3)17-5-4-6-18-12-9(11)13/h8H,4-7H2,1-3,19H3,(H3,11,12,13). The summed E-state index contributed by atoms with van der Waals surface area (Å²) >= 11 is 2.88. The summed E-state index contributed by atoms with van der Waals surface area (Å²) in [5, 5.41) is -0.752. The van der Waals surface area contributed by atoms with Crippen molar-refractivity contribution in [2.75, 3.05) is 32.8 Å². The van der Waals surface area contributed by atoms with Crippen molar-refractivity contribution in [2.45, 2.75) is 23.7 Å². The average Bonchev–Trinajstić information content (AvgIpc) is 2.41. The van der Waals surface area contributed by atoms with E-state index in [1.54, 1.807) is 33.1 Å². The van der Waals surface area contributed by atoms with Crippen LogP contribution in [-0.4, -0.2) is 60.3 Å². The first-order valence-electron chi connectivity index (χ1n) is 6.00. The smallest absolute Gasteiger partial charge is 0.322 e. The summed E-state index contributed by atoms with van der Waals surface area (Å²) in [5.41, 5.74) is 4.97. The number of carbonyl (C=O) groups is 1. The number of thioether (sulfide) groups is 1. The van der Waals surface area contributed by atoms with E-state index in [0.717, 1.165) is 34.2 Å². The molecule has 0 rings (SSSR count). The van der Waals surface area contributed by atoms with Crippen LogP contribution in [0, 0.1) is 0 Å². The molecule has 0 aromatic heterocycles. The highest BCUT2D eigenvalue weighted by molar-refractivity contribution is 8.00. The van der Waals surface area contributed by atoms with Gasteiger partial charge in [-0.3, -0.25) is 4.72 Å². The number of nitrogens with two attached hydrogens (primary N) is 1. The number of primary amides is 1. The van der Waals surface area contributed by atoms with E-state index < -0.39 is 11.2 Å². The molecule has 2 amide bonds. The Labute approximate surface area is 126 Å². The van der Waals surface area contributed by atoms with Gasteiger partial charge in [0.2, 0.25) is 5.12 Å². The molecule has 114 valence electrons. The topological polar surface area (TPSA) is 82.8 Å². The zero-order valence-electron chi connectivity index (χ0n) is 11.9. The second-order valence-electron chi connectivity index (χ2n) is 3.66. The second kappa shape index (κ2) is 10.8. The Morgan fingerprint density at radius 2 is 2.00 bits per heavy atom. The van der Waals surface area contributed by atoms with Gasteiger partial charge in [0.25, 0.3) is 0 Å². The highest BCUT2D eigenvalue weighted by Crippen LogP contribution is 2.34. The maximum Gasteiger partial charge on any atom is 0.322 e. The molecule has 9 heteroatoms. The summed E-state index contributed by atoms with van der Waals surface area (Å²) in [6.07, 6.45) is 0.831. The third-order valence-electron chi connectivity index (χ3n) is 2.49. The van der Waals surface area contributed by atoms with Crippen LogP contribution in [0.25, 0.3) is 0 Å². The van der Waals surface area contributed by atoms with Gasteiger partial charge in [-0.1, -0.05) is 11.8 Å². The minimum atomic E-state index is -0.752. The van der Waals surface area contributed by atoms with Crippen molar-refractivity contribution in [3.63, 3.8) is 0 Å². The second-order valence-corrected chi connectivity index (χ2v) is 6.64. The minimum Gasteiger partial charge on any atom is -0.375 e. The molecule has 1 unspecified atom stereocenters. The number of ether oxygens (including phenoxy) is 3. The number of urea groups is 1. The summed E-state index contributed by atoms with van der Waals surface area (Å²) in [7, 11) is 5.94. The number of hydrogen-bond acceptors (Lipinski definition) is 6. The SMILES string of the molecule is COC(C[SiH3])C(OC)(OC)SCCCSNC(N)=O. The predicted molar refractivity (Wildman–Crippen MR) is 84.5 cm³/mol. The van der Waals surface area contributed by atoms with Gasteiger partial charge in [-0.15, -0.1) is 0 Å². The normalized spacial score (nSPS) is 13.4. The number of hydrogen-bond donors (Lipinski definition) is 2. The van der Waals surface area contributed by atoms with Crippen molar-refractivity contribution >= 4 is 40.0 Å². The summed E-state index contributed by atoms with van der Waals surface area (Å²) in [5.74, 6) is 1.63. The molecule has 0 spiro atoms. The molecule has 19 heavy (non-hydrogen) atoms. The van der Waals surface area contributed by atoms with Crippen molar-refractivity contribution in [1.82, 2.24) is 4.72 Å². The number of amides is 2. The van der Waals surface area contributed by atoms with Gasteiger partial charge in [0.1, 0.15) is 6.10 Å². The van der Waals surface area contributed by atoms with Crippen molar-refractivity contribution in [3.8, 4) is 0 Å². The number of nitrogens with one attached hydrogen (secondary N) is 1. The summed E-state index contributed by atoms with van der Waals surface area (Å²) in [6, 6.07) is 0.416. The van der Waals surface area contributed by atoms with Crippen LogP contribution in [0.4, 0.5) is 4.79 Å². The largest absolute Gasteiger partial charge is 0.375 e. The summed E-state index contributed by atoms with van der Waals surface area (Å²) in [6.45, 7) is 0. The van der Waals surface area contributed by atoms with Crippen LogP contribution in [0.3, 0.4) is 0 Å². The first-order valence-corrected chi connectivity index (χ1v) is 9.39. The molecule has 0 aliphatic rings. The fraction of sp³-hybridized carbons (Fsp3) is 0.900. The fourth-order valence-corrected chi connectivity index (χ4v) is 4.73. The lowest BCUT2D eigenvalue weighted by Gasteiger charge is -2.36. The highest BCUT2D eigenvalue weighted by atomic mass is 32.2. The molecule has 0 saturated carbocycles. The van der Waals surface area contributed by atoms with Crippen molar-refractivity contribution < 1.29 is 19.0 Å². The highest BCUT2D eigenvalue weighted by Gasteiger charge is 2.39. The van der Waals surface area contributed by atoms with Crippen molar-refractivity contribution in [1.29, 1.82) is 0 Å². The van der Waals surface area contributed by atoms with Crippen LogP contribution in [0.5, 0.6) is 0 Å². The molecule has 6 nitrogen and oxygen atoms in total. The van der Waals surface area contributed by atoms with Gasteiger partial charge in [0, 0.05) is 37.3 Å². The van der Waals surface area contributed by atoms with Crippen LogP contribution in [0.1, 0.15) is 6.42 Å². The summed E-state index contributed by atoms with van der Waals surface area (Å²) < 4.78 is 19.0. The van der Waals surface area contributed by atoms with E-state index in [2.05, 4.69) is 4.72 Å². The lowest BCUT2D eigenvalue weighted by molar-refractivity contribution is -0.195. The van der Waals surface area contributed by atoms with Gasteiger partial charge in [-0.25, -0.2) is 4.79 Å². The van der Waals surface area contributed by atoms with E-state index >= 15 is 0 Å². The van der Waals surface area contributed by atoms with Crippen molar-refractivity contribution in [2.24, 2.45) is 5.73 Å². The molecule has 0 bridgehead atoms. The molecule has 0 saturated heterocycles. The molecule has 3 N–H and O–H groups in total. The molecule has 0 fully saturated rings. The Morgan fingerprint density at radius 3 is 2.42 bits per heavy atom. The van der Waals surface area contributed by atoms with Gasteiger partial charge in [0.05, 0.1) is 0 Å². The molecule has 1 atom stereocenters. The van der Waals surface area contributed by atoms with Gasteiger partial charge in [-0.05, 0) is 30.2 Å². The van der Waals surface area contributed by atoms with Crippen LogP contribution < -0.4 is 10.5 Å². The van der Waals surface area contributed by atoms with E-state index in [1.807, 2.05) is 0 Å². The lowest BCUT2D eigenvalue weighted by atomic mass is 10.4. The van der Waals surface area contributed by atoms with E-state index in [4.69, 9.17) is 19.9 Å². The van der Waals surface area contributed by atoms with Crippen LogP contribution in [0.15, 0.2) is 0 Å². The van der Waals surface area contributed by atoms with E-state index in [-0.39, 0.29) is 6.10 Å². The van der Waals surface area contributed by atoms with Gasteiger partial charge in [-0.2, -0.15) is 0 Å². The Kier molecular flexibility index (Phi) is 10.8. The monoisotopic (exact) mass is 328 g/mol. The lowest BCUT2D eigenvalue weighted by Crippen LogP contribution is -2.44. The molecule has 0 heterocycles. The Morgan fingerprint density at radius 1 is 1.37 bits per heavy atom. The quantitative estimate of drug-likeness (QED) is 0.243. The zero-order valence-corrected chi connectivity index (χ0v) is 15.6. The molecule has 0 aliphatic carbocycles. The van der Waals surface area contributed by atoms with Gasteiger partial charge >= 0.3 is 6.03 Å². The zero-order chi connectivity index (χ0) is 14.7. The molecule has 0 aromatic rings. The average molecular weight is 329 g/mol. The van der Waals surface area contributed by atoms with Gasteiger partial charge < -0.3 is 19.9 Å².